The highest BCUT2D eigenvalue weighted by Gasteiger charge is 2.46. The Morgan fingerprint density at radius 1 is 1.14 bits per heavy atom. The molecule has 1 aliphatic heterocycles. The van der Waals surface area contributed by atoms with Gasteiger partial charge in [0.15, 0.2) is 0 Å². The fourth-order valence-corrected chi connectivity index (χ4v) is 4.89. The maximum atomic E-state index is 13.3. The molecule has 1 atom stereocenters. The number of hydrogen-bond donors (Lipinski definition) is 1. The van der Waals surface area contributed by atoms with E-state index < -0.39 is 5.41 Å². The molecule has 156 valence electrons. The van der Waals surface area contributed by atoms with Crippen molar-refractivity contribution in [2.45, 2.75) is 53.0 Å². The van der Waals surface area contributed by atoms with Crippen molar-refractivity contribution in [1.82, 2.24) is 10.2 Å². The third-order valence-corrected chi connectivity index (χ3v) is 6.43. The van der Waals surface area contributed by atoms with Crippen LogP contribution in [-0.2, 0) is 16.0 Å². The number of rotatable bonds is 7. The van der Waals surface area contributed by atoms with Crippen molar-refractivity contribution in [2.24, 2.45) is 11.3 Å². The van der Waals surface area contributed by atoms with Crippen LogP contribution in [0.5, 0.6) is 0 Å². The maximum absolute atomic E-state index is 13.3. The normalized spacial score (nSPS) is 19.2. The topological polar surface area (TPSA) is 49.4 Å². The number of thiophene rings is 1. The standard InChI is InChI=1S/C24H32N2O2S/c1-17(2)14-22(27)26-12-11-24(16-26,23(28)25-18(3)4)15-19-8-5-6-9-20(19)21-10-7-13-29-21/h5-10,13,17-18H,11-12,14-16H2,1-4H3,(H,25,28)/t24-/m0/s1. The van der Waals surface area contributed by atoms with Gasteiger partial charge in [-0.25, -0.2) is 0 Å². The van der Waals surface area contributed by atoms with E-state index in [0.29, 0.717) is 38.3 Å². The summed E-state index contributed by atoms with van der Waals surface area (Å²) in [6.07, 6.45) is 1.88. The first-order chi connectivity index (χ1) is 13.8. The van der Waals surface area contributed by atoms with Gasteiger partial charge < -0.3 is 10.2 Å². The van der Waals surface area contributed by atoms with E-state index >= 15 is 0 Å². The smallest absolute Gasteiger partial charge is 0.228 e. The third-order valence-electron chi connectivity index (χ3n) is 5.52. The molecule has 1 aromatic carbocycles. The number of benzene rings is 1. The summed E-state index contributed by atoms with van der Waals surface area (Å²) in [5.41, 5.74) is 1.78. The molecule has 0 spiro atoms. The van der Waals surface area contributed by atoms with Crippen LogP contribution in [0.2, 0.25) is 0 Å². The van der Waals surface area contributed by atoms with Gasteiger partial charge in [-0.2, -0.15) is 0 Å². The van der Waals surface area contributed by atoms with Gasteiger partial charge in [-0.05, 0) is 55.2 Å². The van der Waals surface area contributed by atoms with Crippen LogP contribution < -0.4 is 5.32 Å². The van der Waals surface area contributed by atoms with Gasteiger partial charge in [0.1, 0.15) is 0 Å². The third kappa shape index (κ3) is 5.08. The first kappa shape index (κ1) is 21.6. The van der Waals surface area contributed by atoms with Crippen LogP contribution >= 0.6 is 11.3 Å². The highest BCUT2D eigenvalue weighted by atomic mass is 32.1. The second kappa shape index (κ2) is 9.12. The van der Waals surface area contributed by atoms with Gasteiger partial charge in [-0.15, -0.1) is 11.3 Å². The first-order valence-electron chi connectivity index (χ1n) is 10.5. The number of likely N-dealkylation sites (tertiary alicyclic amines) is 1. The molecule has 1 aliphatic rings. The Labute approximate surface area is 178 Å². The Bertz CT molecular complexity index is 844. The summed E-state index contributed by atoms with van der Waals surface area (Å²) in [6, 6.07) is 12.6. The average Bonchev–Trinajstić information content (AvgIpc) is 3.32. The zero-order chi connectivity index (χ0) is 21.0. The molecular weight excluding hydrogens is 380 g/mol. The molecule has 1 saturated heterocycles. The number of carbonyl (C=O) groups excluding carboxylic acids is 2. The fraction of sp³-hybridized carbons (Fsp3) is 0.500. The molecule has 0 saturated carbocycles. The Balaban J connectivity index is 1.90. The van der Waals surface area contributed by atoms with E-state index in [9.17, 15) is 9.59 Å². The van der Waals surface area contributed by atoms with Crippen molar-refractivity contribution in [3.05, 3.63) is 47.3 Å². The minimum Gasteiger partial charge on any atom is -0.353 e. The Morgan fingerprint density at radius 2 is 1.90 bits per heavy atom. The number of carbonyl (C=O) groups is 2. The van der Waals surface area contributed by atoms with Gasteiger partial charge in [0, 0.05) is 30.4 Å². The van der Waals surface area contributed by atoms with Crippen molar-refractivity contribution in [1.29, 1.82) is 0 Å². The van der Waals surface area contributed by atoms with Crippen molar-refractivity contribution >= 4 is 23.2 Å². The molecule has 1 aromatic heterocycles. The van der Waals surface area contributed by atoms with E-state index in [2.05, 4.69) is 48.8 Å². The molecule has 2 heterocycles. The van der Waals surface area contributed by atoms with Crippen LogP contribution in [0.1, 0.15) is 46.1 Å². The lowest BCUT2D eigenvalue weighted by Gasteiger charge is -2.30. The highest BCUT2D eigenvalue weighted by Crippen LogP contribution is 2.39. The van der Waals surface area contributed by atoms with E-state index in [1.807, 2.05) is 30.9 Å². The lowest BCUT2D eigenvalue weighted by atomic mass is 9.78. The maximum Gasteiger partial charge on any atom is 0.228 e. The van der Waals surface area contributed by atoms with Gasteiger partial charge in [0.2, 0.25) is 11.8 Å². The molecule has 1 fully saturated rings. The molecule has 4 nitrogen and oxygen atoms in total. The summed E-state index contributed by atoms with van der Waals surface area (Å²) in [7, 11) is 0. The summed E-state index contributed by atoms with van der Waals surface area (Å²) < 4.78 is 0. The molecule has 0 unspecified atom stereocenters. The highest BCUT2D eigenvalue weighted by molar-refractivity contribution is 7.13. The Morgan fingerprint density at radius 3 is 2.55 bits per heavy atom. The van der Waals surface area contributed by atoms with Crippen molar-refractivity contribution < 1.29 is 9.59 Å². The van der Waals surface area contributed by atoms with Crippen LogP contribution in [0.4, 0.5) is 0 Å². The zero-order valence-corrected chi connectivity index (χ0v) is 18.7. The molecule has 0 radical (unpaired) electrons. The van der Waals surface area contributed by atoms with E-state index in [-0.39, 0.29) is 17.9 Å². The lowest BCUT2D eigenvalue weighted by Crippen LogP contribution is -2.47. The number of hydrogen-bond acceptors (Lipinski definition) is 3. The second-order valence-corrected chi connectivity index (χ2v) is 9.83. The zero-order valence-electron chi connectivity index (χ0n) is 17.9. The molecule has 1 N–H and O–H groups in total. The van der Waals surface area contributed by atoms with Crippen LogP contribution in [0, 0.1) is 11.3 Å². The largest absolute Gasteiger partial charge is 0.353 e. The lowest BCUT2D eigenvalue weighted by molar-refractivity contribution is -0.134. The molecule has 0 bridgehead atoms. The number of nitrogens with zero attached hydrogens (tertiary/aromatic N) is 1. The molecule has 2 aromatic rings. The number of nitrogens with one attached hydrogen (secondary N) is 1. The van der Waals surface area contributed by atoms with E-state index in [1.165, 1.54) is 16.0 Å². The van der Waals surface area contributed by atoms with Crippen molar-refractivity contribution in [3.8, 4) is 10.4 Å². The monoisotopic (exact) mass is 412 g/mol. The van der Waals surface area contributed by atoms with Crippen LogP contribution in [0.25, 0.3) is 10.4 Å². The Hall–Kier alpha value is -2.14. The summed E-state index contributed by atoms with van der Waals surface area (Å²) >= 11 is 1.71. The second-order valence-electron chi connectivity index (χ2n) is 8.88. The molecule has 29 heavy (non-hydrogen) atoms. The first-order valence-corrected chi connectivity index (χ1v) is 11.4. The molecule has 0 aliphatic carbocycles. The number of amides is 2. The molecular formula is C24H32N2O2S. The fourth-order valence-electron chi connectivity index (χ4n) is 4.10. The van der Waals surface area contributed by atoms with E-state index in [0.717, 1.165) is 0 Å². The SMILES string of the molecule is CC(C)CC(=O)N1CC[C@@](Cc2ccccc2-c2cccs2)(C(=O)NC(C)C)C1. The van der Waals surface area contributed by atoms with Crippen LogP contribution in [-0.4, -0.2) is 35.8 Å². The quantitative estimate of drug-likeness (QED) is 0.714. The van der Waals surface area contributed by atoms with Crippen molar-refractivity contribution in [3.63, 3.8) is 0 Å². The Kier molecular flexibility index (Phi) is 6.78. The van der Waals surface area contributed by atoms with E-state index in [1.54, 1.807) is 11.3 Å². The van der Waals surface area contributed by atoms with Gasteiger partial charge >= 0.3 is 0 Å². The minimum atomic E-state index is -0.579. The summed E-state index contributed by atoms with van der Waals surface area (Å²) in [6.45, 7) is 9.24. The van der Waals surface area contributed by atoms with Gasteiger partial charge in [-0.1, -0.05) is 44.2 Å². The molecule has 2 amide bonds. The summed E-state index contributed by atoms with van der Waals surface area (Å²) in [4.78, 5) is 29.1. The predicted octanol–water partition coefficient (Wildman–Crippen LogP) is 4.75. The summed E-state index contributed by atoms with van der Waals surface area (Å²) in [5.74, 6) is 0.542. The van der Waals surface area contributed by atoms with Crippen LogP contribution in [0.3, 0.4) is 0 Å². The summed E-state index contributed by atoms with van der Waals surface area (Å²) in [5, 5.41) is 5.20. The van der Waals surface area contributed by atoms with Gasteiger partial charge in [0.25, 0.3) is 0 Å². The average molecular weight is 413 g/mol. The van der Waals surface area contributed by atoms with Gasteiger partial charge in [0.05, 0.1) is 5.41 Å². The predicted molar refractivity (Wildman–Crippen MR) is 120 cm³/mol. The molecule has 5 heteroatoms. The van der Waals surface area contributed by atoms with E-state index in [4.69, 9.17) is 0 Å². The minimum absolute atomic E-state index is 0.0633. The van der Waals surface area contributed by atoms with Gasteiger partial charge in [-0.3, -0.25) is 9.59 Å². The van der Waals surface area contributed by atoms with Crippen molar-refractivity contribution in [2.75, 3.05) is 13.1 Å². The molecule has 3 rings (SSSR count). The van der Waals surface area contributed by atoms with Crippen LogP contribution in [0.15, 0.2) is 41.8 Å².